The number of hydrogen-bond donors (Lipinski definition) is 1. The molecule has 2 aliphatic heterocycles. The molecule has 2 heteroatoms. The molecule has 2 aromatic rings. The summed E-state index contributed by atoms with van der Waals surface area (Å²) < 4.78 is 0. The molecule has 2 aliphatic rings. The molecule has 1 N–H and O–H groups in total. The predicted octanol–water partition coefficient (Wildman–Crippen LogP) is 4.01. The summed E-state index contributed by atoms with van der Waals surface area (Å²) in [5, 5.41) is 4.49. The Kier molecular flexibility index (Phi) is 2.14. The molecule has 0 aliphatic carbocycles. The quantitative estimate of drug-likeness (QED) is 0.748. The van der Waals surface area contributed by atoms with Crippen LogP contribution in [0.4, 0.5) is 0 Å². The first kappa shape index (κ1) is 10.4. The fourth-order valence-electron chi connectivity index (χ4n) is 3.01. The van der Waals surface area contributed by atoms with E-state index in [4.69, 9.17) is 11.6 Å². The van der Waals surface area contributed by atoms with Crippen LogP contribution in [0.15, 0.2) is 53.6 Å². The first-order chi connectivity index (χ1) is 8.84. The maximum Gasteiger partial charge on any atom is 0.0695 e. The zero-order chi connectivity index (χ0) is 12.1. The number of halogens is 1. The van der Waals surface area contributed by atoms with E-state index in [-0.39, 0.29) is 12.1 Å². The molecule has 0 spiro atoms. The van der Waals surface area contributed by atoms with Gasteiger partial charge in [0, 0.05) is 5.03 Å². The van der Waals surface area contributed by atoms with E-state index in [1.165, 1.54) is 22.3 Å². The third-order valence-corrected chi connectivity index (χ3v) is 4.15. The van der Waals surface area contributed by atoms with Gasteiger partial charge in [-0.2, -0.15) is 0 Å². The van der Waals surface area contributed by atoms with Crippen molar-refractivity contribution in [3.05, 3.63) is 75.8 Å². The summed E-state index contributed by atoms with van der Waals surface area (Å²) in [6.45, 7) is 0. The fraction of sp³-hybridized carbons (Fsp3) is 0.125. The lowest BCUT2D eigenvalue weighted by Gasteiger charge is -2.14. The third kappa shape index (κ3) is 1.32. The average molecular weight is 254 g/mol. The summed E-state index contributed by atoms with van der Waals surface area (Å²) in [6, 6.07) is 17.4. The van der Waals surface area contributed by atoms with Gasteiger partial charge in [0.2, 0.25) is 0 Å². The van der Waals surface area contributed by atoms with Crippen LogP contribution in [0.25, 0.3) is 6.08 Å². The molecular formula is C16H12ClN. The molecule has 2 aromatic carbocycles. The molecule has 4 rings (SSSR count). The molecule has 0 fully saturated rings. The minimum absolute atomic E-state index is 0.139. The summed E-state index contributed by atoms with van der Waals surface area (Å²) in [6.07, 6.45) is 2.09. The van der Waals surface area contributed by atoms with Crippen LogP contribution in [0.2, 0.25) is 0 Å². The number of nitrogens with one attached hydrogen (secondary N) is 1. The molecule has 0 aromatic heterocycles. The molecule has 1 nitrogen and oxygen atoms in total. The van der Waals surface area contributed by atoms with Crippen molar-refractivity contribution in [1.29, 1.82) is 0 Å². The minimum Gasteiger partial charge on any atom is -0.295 e. The summed E-state index contributed by atoms with van der Waals surface area (Å²) in [7, 11) is 0. The number of fused-ring (bicyclic) bond motifs is 7. The Bertz CT molecular complexity index is 660. The SMILES string of the molecule is ClC1=Cc2ccccc2C2NC1c1ccccc12. The highest BCUT2D eigenvalue weighted by Crippen LogP contribution is 2.45. The fourth-order valence-corrected chi connectivity index (χ4v) is 3.30. The van der Waals surface area contributed by atoms with E-state index >= 15 is 0 Å². The van der Waals surface area contributed by atoms with Gasteiger partial charge in [-0.25, -0.2) is 0 Å². The van der Waals surface area contributed by atoms with Crippen molar-refractivity contribution in [2.75, 3.05) is 0 Å². The summed E-state index contributed by atoms with van der Waals surface area (Å²) >= 11 is 6.47. The molecule has 0 saturated carbocycles. The molecular weight excluding hydrogens is 242 g/mol. The van der Waals surface area contributed by atoms with Gasteiger partial charge in [-0.05, 0) is 28.3 Å². The summed E-state index contributed by atoms with van der Waals surface area (Å²) in [5.41, 5.74) is 5.18. The van der Waals surface area contributed by atoms with Crippen LogP contribution in [-0.2, 0) is 0 Å². The highest BCUT2D eigenvalue weighted by Gasteiger charge is 2.35. The van der Waals surface area contributed by atoms with Crippen LogP contribution in [0.5, 0.6) is 0 Å². The Hall–Kier alpha value is -1.57. The molecule has 0 amide bonds. The van der Waals surface area contributed by atoms with Crippen LogP contribution in [0.3, 0.4) is 0 Å². The van der Waals surface area contributed by atoms with E-state index in [9.17, 15) is 0 Å². The van der Waals surface area contributed by atoms with Crippen molar-refractivity contribution in [2.45, 2.75) is 12.1 Å². The van der Waals surface area contributed by atoms with Crippen LogP contribution in [0, 0.1) is 0 Å². The van der Waals surface area contributed by atoms with Gasteiger partial charge < -0.3 is 0 Å². The van der Waals surface area contributed by atoms with Crippen molar-refractivity contribution < 1.29 is 0 Å². The van der Waals surface area contributed by atoms with Crippen molar-refractivity contribution in [3.63, 3.8) is 0 Å². The van der Waals surface area contributed by atoms with Crippen LogP contribution >= 0.6 is 11.6 Å². The minimum atomic E-state index is 0.139. The Balaban J connectivity index is 2.03. The second kappa shape index (κ2) is 3.71. The summed E-state index contributed by atoms with van der Waals surface area (Å²) in [4.78, 5) is 0. The van der Waals surface area contributed by atoms with E-state index in [2.05, 4.69) is 59.9 Å². The Morgan fingerprint density at radius 3 is 2.17 bits per heavy atom. The lowest BCUT2D eigenvalue weighted by molar-refractivity contribution is 0.613. The van der Waals surface area contributed by atoms with Gasteiger partial charge in [-0.1, -0.05) is 60.1 Å². The Labute approximate surface area is 111 Å². The van der Waals surface area contributed by atoms with Crippen LogP contribution < -0.4 is 5.32 Å². The van der Waals surface area contributed by atoms with Gasteiger partial charge in [-0.15, -0.1) is 0 Å². The van der Waals surface area contributed by atoms with Gasteiger partial charge in [0.25, 0.3) is 0 Å². The number of hydrogen-bond acceptors (Lipinski definition) is 1. The van der Waals surface area contributed by atoms with Crippen molar-refractivity contribution in [2.24, 2.45) is 0 Å². The van der Waals surface area contributed by atoms with E-state index in [1.807, 2.05) is 0 Å². The maximum absolute atomic E-state index is 6.47. The molecule has 2 unspecified atom stereocenters. The van der Waals surface area contributed by atoms with Gasteiger partial charge in [0.05, 0.1) is 12.1 Å². The zero-order valence-electron chi connectivity index (χ0n) is 9.73. The van der Waals surface area contributed by atoms with Gasteiger partial charge in [0.1, 0.15) is 0 Å². The molecule has 88 valence electrons. The zero-order valence-corrected chi connectivity index (χ0v) is 10.5. The van der Waals surface area contributed by atoms with Crippen LogP contribution in [0.1, 0.15) is 34.3 Å². The Morgan fingerprint density at radius 1 is 0.778 bits per heavy atom. The van der Waals surface area contributed by atoms with Crippen LogP contribution in [-0.4, -0.2) is 0 Å². The highest BCUT2D eigenvalue weighted by molar-refractivity contribution is 6.32. The average Bonchev–Trinajstić information content (AvgIpc) is 2.71. The molecule has 2 bridgehead atoms. The second-order valence-corrected chi connectivity index (χ2v) is 5.26. The maximum atomic E-state index is 6.47. The van der Waals surface area contributed by atoms with Gasteiger partial charge in [0.15, 0.2) is 0 Å². The first-order valence-corrected chi connectivity index (χ1v) is 6.53. The second-order valence-electron chi connectivity index (χ2n) is 4.82. The highest BCUT2D eigenvalue weighted by atomic mass is 35.5. The van der Waals surface area contributed by atoms with Crippen molar-refractivity contribution >= 4 is 17.7 Å². The molecule has 0 saturated heterocycles. The van der Waals surface area contributed by atoms with E-state index in [0.717, 1.165) is 5.03 Å². The lowest BCUT2D eigenvalue weighted by Crippen LogP contribution is -2.17. The van der Waals surface area contributed by atoms with E-state index in [1.54, 1.807) is 0 Å². The van der Waals surface area contributed by atoms with Gasteiger partial charge >= 0.3 is 0 Å². The molecule has 2 heterocycles. The third-order valence-electron chi connectivity index (χ3n) is 3.83. The smallest absolute Gasteiger partial charge is 0.0695 e. The largest absolute Gasteiger partial charge is 0.295 e. The topological polar surface area (TPSA) is 12.0 Å². The molecule has 18 heavy (non-hydrogen) atoms. The lowest BCUT2D eigenvalue weighted by atomic mass is 9.92. The van der Waals surface area contributed by atoms with Crippen molar-refractivity contribution in [3.8, 4) is 0 Å². The summed E-state index contributed by atoms with van der Waals surface area (Å²) in [5.74, 6) is 0. The molecule has 2 atom stereocenters. The Morgan fingerprint density at radius 2 is 1.39 bits per heavy atom. The van der Waals surface area contributed by atoms with Crippen molar-refractivity contribution in [1.82, 2.24) is 5.32 Å². The first-order valence-electron chi connectivity index (χ1n) is 6.15. The number of rotatable bonds is 0. The van der Waals surface area contributed by atoms with Gasteiger partial charge in [-0.3, -0.25) is 5.32 Å². The monoisotopic (exact) mass is 253 g/mol. The normalized spacial score (nSPS) is 23.9. The predicted molar refractivity (Wildman–Crippen MR) is 74.4 cm³/mol. The molecule has 0 radical (unpaired) electrons. The van der Waals surface area contributed by atoms with E-state index in [0.29, 0.717) is 0 Å². The standard InChI is InChI=1S/C16H12ClN/c17-14-9-10-5-1-2-6-11(10)15-12-7-3-4-8-13(12)16(14)18-15/h1-9,15-16,18H. The number of benzene rings is 2. The van der Waals surface area contributed by atoms with E-state index < -0.39 is 0 Å².